The number of hydrogen-bond acceptors (Lipinski definition) is 4. The summed E-state index contributed by atoms with van der Waals surface area (Å²) in [5, 5.41) is 6.75. The number of thiophene rings is 1. The first-order valence-electron chi connectivity index (χ1n) is 22.2. The van der Waals surface area contributed by atoms with Crippen LogP contribution in [0.25, 0.3) is 86.3 Å². The maximum Gasteiger partial charge on any atom is 0.143 e. The van der Waals surface area contributed by atoms with Crippen molar-refractivity contribution in [3.63, 3.8) is 0 Å². The van der Waals surface area contributed by atoms with Crippen LogP contribution in [0, 0.1) is 0 Å². The second-order valence-corrected chi connectivity index (χ2v) is 18.1. The number of anilines is 3. The van der Waals surface area contributed by atoms with E-state index >= 15 is 0 Å². The number of para-hydroxylation sites is 2. The van der Waals surface area contributed by atoms with Gasteiger partial charge in [-0.05, 0) is 94.0 Å². The Balaban J connectivity index is 1.10. The molecule has 1 aliphatic carbocycles. The van der Waals surface area contributed by atoms with Gasteiger partial charge in [0, 0.05) is 69.9 Å². The van der Waals surface area contributed by atoms with Crippen molar-refractivity contribution in [2.75, 3.05) is 4.90 Å². The Morgan fingerprint density at radius 3 is 1.77 bits per heavy atom. The molecule has 0 amide bonds. The van der Waals surface area contributed by atoms with E-state index in [1.165, 1.54) is 53.6 Å². The minimum atomic E-state index is -0.548. The zero-order valence-electron chi connectivity index (χ0n) is 35.0. The fraction of sp³-hybridized carbons (Fsp3) is 0.0164. The van der Waals surface area contributed by atoms with Crippen LogP contribution in [0.1, 0.15) is 22.3 Å². The van der Waals surface area contributed by atoms with E-state index < -0.39 is 5.41 Å². The van der Waals surface area contributed by atoms with Crippen LogP contribution < -0.4 is 4.90 Å². The van der Waals surface area contributed by atoms with E-state index in [-0.39, 0.29) is 0 Å². The molecule has 3 nitrogen and oxygen atoms in total. The van der Waals surface area contributed by atoms with Crippen LogP contribution in [-0.2, 0) is 5.41 Å². The molecule has 0 bridgehead atoms. The summed E-state index contributed by atoms with van der Waals surface area (Å²) in [5.74, 6) is 0. The molecular weight excluding hydrogens is 811 g/mol. The standard InChI is InChI=1S/C61H37NO2S/c1-4-17-38(18-5-1)61(39-19-6-2-7-20-39)51-28-13-10-23-43(51)44-32-31-41(37-52(44)61)62(40-21-8-3-9-22-40)42-35-49(47-27-16-26-46-45-24-12-15-30-56(45)65-60(46)47)59-50(36-42)58-55(64-59)34-33-54-57(58)48-25-11-14-29-53(48)63-54/h1-37H. The second-order valence-electron chi connectivity index (χ2n) is 17.1. The SMILES string of the molecule is c1ccc(N(c2ccc3c(c2)C(c2ccccc2)(c2ccccc2)c2ccccc2-3)c2cc(-c3cccc4c3sc3ccccc34)c3oc4ccc5oc6ccccc6c5c4c3c2)cc1. The smallest absolute Gasteiger partial charge is 0.143 e. The first kappa shape index (κ1) is 36.3. The second kappa shape index (κ2) is 13.9. The predicted molar refractivity (Wildman–Crippen MR) is 271 cm³/mol. The molecule has 14 rings (SSSR count). The summed E-state index contributed by atoms with van der Waals surface area (Å²) >= 11 is 1.84. The highest BCUT2D eigenvalue weighted by molar-refractivity contribution is 7.26. The van der Waals surface area contributed by atoms with Crippen LogP contribution in [0.2, 0.25) is 0 Å². The van der Waals surface area contributed by atoms with Crippen molar-refractivity contribution in [1.82, 2.24) is 0 Å². The molecule has 0 aliphatic heterocycles. The molecule has 13 aromatic rings. The number of rotatable bonds is 6. The van der Waals surface area contributed by atoms with E-state index in [4.69, 9.17) is 8.83 Å². The lowest BCUT2D eigenvalue weighted by atomic mass is 9.67. The molecule has 0 radical (unpaired) electrons. The molecule has 0 unspecified atom stereocenters. The van der Waals surface area contributed by atoms with Gasteiger partial charge in [-0.1, -0.05) is 164 Å². The normalized spacial score (nSPS) is 13.0. The van der Waals surface area contributed by atoms with Crippen molar-refractivity contribution in [2.45, 2.75) is 5.41 Å². The van der Waals surface area contributed by atoms with Crippen molar-refractivity contribution in [3.05, 3.63) is 247 Å². The molecule has 0 saturated heterocycles. The van der Waals surface area contributed by atoms with Crippen LogP contribution in [-0.4, -0.2) is 0 Å². The van der Waals surface area contributed by atoms with Gasteiger partial charge in [-0.25, -0.2) is 0 Å². The third-order valence-electron chi connectivity index (χ3n) is 13.7. The summed E-state index contributed by atoms with van der Waals surface area (Å²) < 4.78 is 16.1. The molecule has 0 atom stereocenters. The van der Waals surface area contributed by atoms with Crippen LogP contribution in [0.15, 0.2) is 233 Å². The third-order valence-corrected chi connectivity index (χ3v) is 14.9. The maximum atomic E-state index is 7.10. The molecule has 0 saturated carbocycles. The van der Waals surface area contributed by atoms with Crippen LogP contribution in [0.3, 0.4) is 0 Å². The fourth-order valence-corrected chi connectivity index (χ4v) is 12.3. The van der Waals surface area contributed by atoms with Gasteiger partial charge in [-0.3, -0.25) is 0 Å². The number of hydrogen-bond donors (Lipinski definition) is 0. The van der Waals surface area contributed by atoms with Crippen molar-refractivity contribution in [1.29, 1.82) is 0 Å². The zero-order valence-corrected chi connectivity index (χ0v) is 35.9. The number of benzene rings is 10. The molecule has 65 heavy (non-hydrogen) atoms. The maximum absolute atomic E-state index is 7.10. The lowest BCUT2D eigenvalue weighted by molar-refractivity contribution is 0.663. The average molecular weight is 848 g/mol. The van der Waals surface area contributed by atoms with Crippen molar-refractivity contribution in [3.8, 4) is 22.3 Å². The lowest BCUT2D eigenvalue weighted by Gasteiger charge is -2.35. The Morgan fingerprint density at radius 2 is 0.969 bits per heavy atom. The summed E-state index contributed by atoms with van der Waals surface area (Å²) in [7, 11) is 0. The highest BCUT2D eigenvalue weighted by atomic mass is 32.1. The zero-order chi connectivity index (χ0) is 42.6. The largest absolute Gasteiger partial charge is 0.456 e. The average Bonchev–Trinajstić information content (AvgIpc) is 4.13. The number of furan rings is 2. The highest BCUT2D eigenvalue weighted by Gasteiger charge is 2.46. The Kier molecular flexibility index (Phi) is 7.77. The van der Waals surface area contributed by atoms with Gasteiger partial charge in [0.2, 0.25) is 0 Å². The van der Waals surface area contributed by atoms with Gasteiger partial charge in [0.1, 0.15) is 22.3 Å². The molecule has 3 aromatic heterocycles. The van der Waals surface area contributed by atoms with Gasteiger partial charge in [-0.15, -0.1) is 11.3 Å². The summed E-state index contributed by atoms with van der Waals surface area (Å²) in [6.07, 6.45) is 0. The first-order chi connectivity index (χ1) is 32.2. The molecular formula is C61H37NO2S. The van der Waals surface area contributed by atoms with Gasteiger partial charge >= 0.3 is 0 Å². The summed E-state index contributed by atoms with van der Waals surface area (Å²) in [6.45, 7) is 0. The van der Waals surface area contributed by atoms with Gasteiger partial charge in [0.05, 0.1) is 5.41 Å². The van der Waals surface area contributed by atoms with Gasteiger partial charge < -0.3 is 13.7 Å². The number of nitrogens with zero attached hydrogens (tertiary/aromatic N) is 1. The Hall–Kier alpha value is -8.18. The number of fused-ring (bicyclic) bond motifs is 13. The first-order valence-corrected chi connectivity index (χ1v) is 23.0. The molecule has 304 valence electrons. The minimum absolute atomic E-state index is 0.548. The quantitative estimate of drug-likeness (QED) is 0.167. The monoisotopic (exact) mass is 847 g/mol. The lowest BCUT2D eigenvalue weighted by Crippen LogP contribution is -2.28. The molecule has 0 N–H and O–H groups in total. The summed E-state index contributed by atoms with van der Waals surface area (Å²) in [6, 6.07) is 81.5. The van der Waals surface area contributed by atoms with Crippen LogP contribution >= 0.6 is 11.3 Å². The Labute approximate surface area is 378 Å². The van der Waals surface area contributed by atoms with E-state index in [1.54, 1.807) is 0 Å². The summed E-state index contributed by atoms with van der Waals surface area (Å²) in [5.41, 5.74) is 15.7. The van der Waals surface area contributed by atoms with Crippen molar-refractivity contribution >= 4 is 92.4 Å². The van der Waals surface area contributed by atoms with Crippen LogP contribution in [0.5, 0.6) is 0 Å². The topological polar surface area (TPSA) is 29.5 Å². The van der Waals surface area contributed by atoms with Gasteiger partial charge in [-0.2, -0.15) is 0 Å². The summed E-state index contributed by atoms with van der Waals surface area (Å²) in [4.78, 5) is 2.43. The minimum Gasteiger partial charge on any atom is -0.456 e. The van der Waals surface area contributed by atoms with Gasteiger partial charge in [0.25, 0.3) is 0 Å². The predicted octanol–water partition coefficient (Wildman–Crippen LogP) is 17.4. The van der Waals surface area contributed by atoms with E-state index in [9.17, 15) is 0 Å². The van der Waals surface area contributed by atoms with Crippen LogP contribution in [0.4, 0.5) is 17.1 Å². The Morgan fingerprint density at radius 1 is 0.354 bits per heavy atom. The molecule has 0 spiro atoms. The van der Waals surface area contributed by atoms with E-state index in [2.05, 4.69) is 223 Å². The van der Waals surface area contributed by atoms with E-state index in [1.807, 2.05) is 17.4 Å². The van der Waals surface area contributed by atoms with E-state index in [0.717, 1.165) is 72.1 Å². The molecule has 3 heterocycles. The molecule has 0 fully saturated rings. The molecule has 1 aliphatic rings. The third kappa shape index (κ3) is 5.17. The van der Waals surface area contributed by atoms with Crippen molar-refractivity contribution in [2.24, 2.45) is 0 Å². The van der Waals surface area contributed by atoms with Gasteiger partial charge in [0.15, 0.2) is 0 Å². The van der Waals surface area contributed by atoms with Crippen molar-refractivity contribution < 1.29 is 8.83 Å². The van der Waals surface area contributed by atoms with E-state index in [0.29, 0.717) is 0 Å². The fourth-order valence-electron chi connectivity index (χ4n) is 11.1. The molecule has 10 aromatic carbocycles. The highest BCUT2D eigenvalue weighted by Crippen LogP contribution is 2.58. The molecule has 4 heteroatoms. The Bertz CT molecular complexity index is 3970.